The molecule has 0 amide bonds. The molecule has 0 atom stereocenters. The van der Waals surface area contributed by atoms with E-state index in [-0.39, 0.29) is 5.69 Å². The fraction of sp³-hybridized carbons (Fsp3) is 0.167. The van der Waals surface area contributed by atoms with Crippen LogP contribution in [0.5, 0.6) is 11.5 Å². The summed E-state index contributed by atoms with van der Waals surface area (Å²) < 4.78 is 11.5. The van der Waals surface area contributed by atoms with Crippen molar-refractivity contribution >= 4 is 33.3 Å². The summed E-state index contributed by atoms with van der Waals surface area (Å²) in [6, 6.07) is 11.5. The molecule has 25 heavy (non-hydrogen) atoms. The van der Waals surface area contributed by atoms with Crippen LogP contribution in [-0.4, -0.2) is 18.6 Å². The van der Waals surface area contributed by atoms with Gasteiger partial charge in [0, 0.05) is 16.6 Å². The molecule has 2 rings (SSSR count). The largest absolute Gasteiger partial charge is 0.493 e. The van der Waals surface area contributed by atoms with Crippen molar-refractivity contribution in [1.29, 1.82) is 5.26 Å². The zero-order chi connectivity index (χ0) is 18.4. The predicted octanol–water partition coefficient (Wildman–Crippen LogP) is 4.83. The Morgan fingerprint density at radius 1 is 1.36 bits per heavy atom. The van der Waals surface area contributed by atoms with Crippen LogP contribution >= 0.6 is 15.9 Å². The van der Waals surface area contributed by atoms with E-state index in [0.29, 0.717) is 39.3 Å². The number of allylic oxidation sites excluding steroid dienone is 1. The van der Waals surface area contributed by atoms with Crippen LogP contribution < -0.4 is 9.47 Å². The third kappa shape index (κ3) is 4.37. The average molecular weight is 403 g/mol. The van der Waals surface area contributed by atoms with Crippen LogP contribution in [0.1, 0.15) is 18.1 Å². The van der Waals surface area contributed by atoms with Crippen molar-refractivity contribution < 1.29 is 14.4 Å². The van der Waals surface area contributed by atoms with Gasteiger partial charge in [-0.2, -0.15) is 5.26 Å². The molecular formula is C18H15BrN2O4. The normalized spacial score (nSPS) is 10.9. The van der Waals surface area contributed by atoms with Crippen molar-refractivity contribution in [1.82, 2.24) is 0 Å². The Balaban J connectivity index is 2.53. The van der Waals surface area contributed by atoms with Crippen molar-refractivity contribution in [3.05, 3.63) is 62.1 Å². The van der Waals surface area contributed by atoms with Gasteiger partial charge in [-0.25, -0.2) is 0 Å². The highest BCUT2D eigenvalue weighted by Gasteiger charge is 2.12. The summed E-state index contributed by atoms with van der Waals surface area (Å²) >= 11 is 3.44. The molecule has 0 aliphatic rings. The lowest BCUT2D eigenvalue weighted by Gasteiger charge is -2.12. The van der Waals surface area contributed by atoms with Crippen molar-refractivity contribution in [2.75, 3.05) is 13.7 Å². The van der Waals surface area contributed by atoms with Crippen LogP contribution in [0.3, 0.4) is 0 Å². The lowest BCUT2D eigenvalue weighted by atomic mass is 10.0. The molecule has 0 N–H and O–H groups in total. The van der Waals surface area contributed by atoms with Crippen LogP contribution in [0.25, 0.3) is 11.6 Å². The molecular weight excluding hydrogens is 388 g/mol. The first-order valence-corrected chi connectivity index (χ1v) is 8.16. The molecule has 0 radical (unpaired) electrons. The first-order valence-electron chi connectivity index (χ1n) is 7.37. The van der Waals surface area contributed by atoms with Crippen molar-refractivity contribution in [2.45, 2.75) is 6.92 Å². The number of nitro groups is 1. The SMILES string of the molecule is CCOc1cc(/C=C(/C#N)c2cccc([N+](=O)[O-])c2)c(Br)cc1OC. The van der Waals surface area contributed by atoms with Gasteiger partial charge in [0.15, 0.2) is 11.5 Å². The summed E-state index contributed by atoms with van der Waals surface area (Å²) in [6.07, 6.45) is 1.64. The number of ether oxygens (including phenoxy) is 2. The van der Waals surface area contributed by atoms with Gasteiger partial charge in [0.2, 0.25) is 0 Å². The Labute approximate surface area is 153 Å². The van der Waals surface area contributed by atoms with E-state index in [0.717, 1.165) is 0 Å². The first kappa shape index (κ1) is 18.5. The summed E-state index contributed by atoms with van der Waals surface area (Å²) in [5.74, 6) is 1.12. The Morgan fingerprint density at radius 2 is 2.12 bits per heavy atom. The van der Waals surface area contributed by atoms with Crippen LogP contribution in [0.4, 0.5) is 5.69 Å². The summed E-state index contributed by atoms with van der Waals surface area (Å²) in [5.41, 5.74) is 1.41. The topological polar surface area (TPSA) is 85.4 Å². The second-order valence-electron chi connectivity index (χ2n) is 4.93. The highest BCUT2D eigenvalue weighted by Crippen LogP contribution is 2.35. The Kier molecular flexibility index (Phi) is 6.14. The van der Waals surface area contributed by atoms with Gasteiger partial charge in [0.1, 0.15) is 0 Å². The maximum absolute atomic E-state index is 10.9. The minimum Gasteiger partial charge on any atom is -0.493 e. The summed E-state index contributed by atoms with van der Waals surface area (Å²) in [5, 5.41) is 20.4. The fourth-order valence-electron chi connectivity index (χ4n) is 2.21. The Bertz CT molecular complexity index is 872. The Morgan fingerprint density at radius 3 is 2.72 bits per heavy atom. The van der Waals surface area contributed by atoms with Crippen LogP contribution in [0, 0.1) is 21.4 Å². The third-order valence-electron chi connectivity index (χ3n) is 3.37. The van der Waals surface area contributed by atoms with Crippen molar-refractivity contribution in [3.63, 3.8) is 0 Å². The Hall–Kier alpha value is -2.85. The van der Waals surface area contributed by atoms with E-state index in [1.807, 2.05) is 6.92 Å². The molecule has 0 bridgehead atoms. The number of nitro benzene ring substituents is 1. The van der Waals surface area contributed by atoms with E-state index in [1.54, 1.807) is 37.5 Å². The molecule has 0 unspecified atom stereocenters. The van der Waals surface area contributed by atoms with Gasteiger partial charge in [-0.1, -0.05) is 28.1 Å². The first-order chi connectivity index (χ1) is 12.0. The maximum Gasteiger partial charge on any atom is 0.270 e. The molecule has 0 heterocycles. The molecule has 0 aliphatic carbocycles. The molecule has 2 aromatic carbocycles. The molecule has 0 fully saturated rings. The second-order valence-corrected chi connectivity index (χ2v) is 5.79. The minimum atomic E-state index is -0.491. The number of halogens is 1. The van der Waals surface area contributed by atoms with E-state index in [1.165, 1.54) is 12.1 Å². The van der Waals surface area contributed by atoms with Crippen LogP contribution in [-0.2, 0) is 0 Å². The predicted molar refractivity (Wildman–Crippen MR) is 98.4 cm³/mol. The number of benzene rings is 2. The third-order valence-corrected chi connectivity index (χ3v) is 4.06. The molecule has 0 aromatic heterocycles. The molecule has 0 aliphatic heterocycles. The number of hydrogen-bond acceptors (Lipinski definition) is 5. The molecule has 0 spiro atoms. The number of hydrogen-bond donors (Lipinski definition) is 0. The molecule has 128 valence electrons. The molecule has 6 nitrogen and oxygen atoms in total. The molecule has 2 aromatic rings. The van der Waals surface area contributed by atoms with Crippen LogP contribution in [0.15, 0.2) is 40.9 Å². The number of nitrogens with zero attached hydrogens (tertiary/aromatic N) is 2. The fourth-order valence-corrected chi connectivity index (χ4v) is 2.65. The molecule has 0 saturated carbocycles. The van der Waals surface area contributed by atoms with Gasteiger partial charge in [-0.05, 0) is 36.3 Å². The molecule has 0 saturated heterocycles. The number of rotatable bonds is 6. The van der Waals surface area contributed by atoms with Gasteiger partial charge in [0.05, 0.1) is 30.3 Å². The lowest BCUT2D eigenvalue weighted by Crippen LogP contribution is -1.96. The second kappa shape index (κ2) is 8.31. The minimum absolute atomic E-state index is 0.0672. The monoisotopic (exact) mass is 402 g/mol. The number of nitriles is 1. The van der Waals surface area contributed by atoms with E-state index in [4.69, 9.17) is 9.47 Å². The number of non-ortho nitro benzene ring substituents is 1. The summed E-state index contributed by atoms with van der Waals surface area (Å²) in [4.78, 5) is 10.4. The van der Waals surface area contributed by atoms with Crippen molar-refractivity contribution in [2.24, 2.45) is 0 Å². The maximum atomic E-state index is 10.9. The summed E-state index contributed by atoms with van der Waals surface area (Å²) in [6.45, 7) is 2.33. The quantitative estimate of drug-likeness (QED) is 0.299. The van der Waals surface area contributed by atoms with E-state index < -0.39 is 4.92 Å². The number of methoxy groups -OCH3 is 1. The van der Waals surface area contributed by atoms with Gasteiger partial charge < -0.3 is 9.47 Å². The van der Waals surface area contributed by atoms with Gasteiger partial charge in [-0.3, -0.25) is 10.1 Å². The van der Waals surface area contributed by atoms with Gasteiger partial charge in [-0.15, -0.1) is 0 Å². The standard InChI is InChI=1S/C18H15BrN2O4/c1-3-25-18-9-13(16(19)10-17(18)24-2)7-14(11-20)12-5-4-6-15(8-12)21(22)23/h4-10H,3H2,1-2H3/b14-7-. The highest BCUT2D eigenvalue weighted by molar-refractivity contribution is 9.10. The van der Waals surface area contributed by atoms with Gasteiger partial charge >= 0.3 is 0 Å². The van der Waals surface area contributed by atoms with E-state index in [9.17, 15) is 15.4 Å². The van der Waals surface area contributed by atoms with Crippen LogP contribution in [0.2, 0.25) is 0 Å². The van der Waals surface area contributed by atoms with Gasteiger partial charge in [0.25, 0.3) is 5.69 Å². The highest BCUT2D eigenvalue weighted by atomic mass is 79.9. The zero-order valence-electron chi connectivity index (χ0n) is 13.7. The molecule has 7 heteroatoms. The van der Waals surface area contributed by atoms with Crippen molar-refractivity contribution in [3.8, 4) is 17.6 Å². The zero-order valence-corrected chi connectivity index (χ0v) is 15.2. The lowest BCUT2D eigenvalue weighted by molar-refractivity contribution is -0.384. The summed E-state index contributed by atoms with van der Waals surface area (Å²) in [7, 11) is 1.55. The van der Waals surface area contributed by atoms with E-state index in [2.05, 4.69) is 22.0 Å². The van der Waals surface area contributed by atoms with E-state index >= 15 is 0 Å². The average Bonchev–Trinajstić information content (AvgIpc) is 2.61. The smallest absolute Gasteiger partial charge is 0.270 e.